The van der Waals surface area contributed by atoms with E-state index in [2.05, 4.69) is 43.4 Å². The van der Waals surface area contributed by atoms with E-state index in [0.717, 1.165) is 48.8 Å². The molecule has 1 aromatic carbocycles. The number of rotatable bonds is 6. The molecule has 162 valence electrons. The molecule has 0 spiro atoms. The number of aromatic nitrogens is 4. The van der Waals surface area contributed by atoms with Crippen molar-refractivity contribution in [3.63, 3.8) is 0 Å². The molecule has 10 heteroatoms. The van der Waals surface area contributed by atoms with E-state index in [-0.39, 0.29) is 24.2 Å². The van der Waals surface area contributed by atoms with Crippen LogP contribution in [-0.4, -0.2) is 58.4 Å². The third kappa shape index (κ3) is 5.11. The molecular formula is C21H24ClN7O2. The molecule has 0 aliphatic carbocycles. The van der Waals surface area contributed by atoms with Crippen LogP contribution in [0.2, 0.25) is 0 Å². The Labute approximate surface area is 186 Å². The fourth-order valence-electron chi connectivity index (χ4n) is 3.43. The van der Waals surface area contributed by atoms with Gasteiger partial charge in [0.15, 0.2) is 11.5 Å². The van der Waals surface area contributed by atoms with E-state index >= 15 is 0 Å². The molecule has 1 saturated heterocycles. The Morgan fingerprint density at radius 1 is 1.29 bits per heavy atom. The van der Waals surface area contributed by atoms with Crippen molar-refractivity contribution in [3.05, 3.63) is 47.9 Å². The molecule has 31 heavy (non-hydrogen) atoms. The summed E-state index contributed by atoms with van der Waals surface area (Å²) in [7, 11) is 1.66. The molecule has 0 unspecified atom stereocenters. The summed E-state index contributed by atoms with van der Waals surface area (Å²) >= 11 is 0. The summed E-state index contributed by atoms with van der Waals surface area (Å²) in [4.78, 5) is 10.5. The fraction of sp³-hybridized carbons (Fsp3) is 0.333. The monoisotopic (exact) mass is 441 g/mol. The van der Waals surface area contributed by atoms with Gasteiger partial charge < -0.3 is 14.8 Å². The van der Waals surface area contributed by atoms with E-state index in [1.807, 2.05) is 24.3 Å². The number of ether oxygens (including phenoxy) is 2. The van der Waals surface area contributed by atoms with E-state index in [9.17, 15) is 0 Å². The fourth-order valence-corrected chi connectivity index (χ4v) is 3.43. The average molecular weight is 442 g/mol. The van der Waals surface area contributed by atoms with Crippen LogP contribution in [0.25, 0.3) is 11.3 Å². The number of methoxy groups -OCH3 is 1. The molecule has 3 aromatic rings. The lowest BCUT2D eigenvalue weighted by Gasteiger charge is -2.32. The molecule has 1 fully saturated rings. The van der Waals surface area contributed by atoms with Gasteiger partial charge in [-0.1, -0.05) is 13.0 Å². The van der Waals surface area contributed by atoms with Gasteiger partial charge in [-0.25, -0.2) is 9.97 Å². The van der Waals surface area contributed by atoms with Crippen molar-refractivity contribution in [2.75, 3.05) is 38.7 Å². The highest BCUT2D eigenvalue weighted by Crippen LogP contribution is 2.34. The minimum atomic E-state index is 0. The van der Waals surface area contributed by atoms with Crippen molar-refractivity contribution in [3.8, 4) is 23.1 Å². The topological polar surface area (TPSA) is 112 Å². The van der Waals surface area contributed by atoms with Gasteiger partial charge in [-0.15, -0.1) is 12.4 Å². The van der Waals surface area contributed by atoms with Crippen molar-refractivity contribution < 1.29 is 9.47 Å². The third-order valence-electron chi connectivity index (χ3n) is 5.09. The molecule has 1 atom stereocenters. The molecular weight excluding hydrogens is 418 g/mol. The van der Waals surface area contributed by atoms with Crippen molar-refractivity contribution in [1.82, 2.24) is 25.1 Å². The summed E-state index contributed by atoms with van der Waals surface area (Å²) in [5.41, 5.74) is 3.06. The van der Waals surface area contributed by atoms with E-state index < -0.39 is 0 Å². The van der Waals surface area contributed by atoms with E-state index in [1.165, 1.54) is 12.4 Å². The van der Waals surface area contributed by atoms with Gasteiger partial charge >= 0.3 is 0 Å². The van der Waals surface area contributed by atoms with Crippen molar-refractivity contribution >= 4 is 24.0 Å². The van der Waals surface area contributed by atoms with Gasteiger partial charge in [0.25, 0.3) is 0 Å². The van der Waals surface area contributed by atoms with Gasteiger partial charge in [-0.3, -0.25) is 10.00 Å². The molecule has 0 saturated carbocycles. The first-order valence-electron chi connectivity index (χ1n) is 9.77. The number of benzene rings is 1. The molecule has 0 radical (unpaired) electrons. The number of likely N-dealkylation sites (N-methyl/N-ethyl adjacent to an activating group) is 1. The average Bonchev–Trinajstić information content (AvgIpc) is 3.27. The van der Waals surface area contributed by atoms with Gasteiger partial charge in [0.2, 0.25) is 0 Å². The Kier molecular flexibility index (Phi) is 7.41. The maximum absolute atomic E-state index is 8.81. The summed E-state index contributed by atoms with van der Waals surface area (Å²) in [5.74, 6) is 1.84. The number of H-pyrrole nitrogens is 1. The zero-order valence-corrected chi connectivity index (χ0v) is 18.1. The maximum atomic E-state index is 8.81. The largest absolute Gasteiger partial charge is 0.496 e. The van der Waals surface area contributed by atoms with Crippen molar-refractivity contribution in [2.24, 2.45) is 0 Å². The molecule has 9 nitrogen and oxygen atoms in total. The Balaban J connectivity index is 0.00000272. The number of nitrogens with one attached hydrogen (secondary N) is 2. The molecule has 1 aliphatic rings. The van der Waals surface area contributed by atoms with Crippen LogP contribution in [-0.2, 0) is 4.74 Å². The number of halogens is 1. The van der Waals surface area contributed by atoms with Crippen LogP contribution in [0.4, 0.5) is 11.6 Å². The van der Waals surface area contributed by atoms with Gasteiger partial charge in [-0.05, 0) is 24.2 Å². The van der Waals surface area contributed by atoms with Crippen LogP contribution in [0.3, 0.4) is 0 Å². The third-order valence-corrected chi connectivity index (χ3v) is 5.09. The smallest absolute Gasteiger partial charge is 0.158 e. The summed E-state index contributed by atoms with van der Waals surface area (Å²) in [5, 5.41) is 19.2. The summed E-state index contributed by atoms with van der Waals surface area (Å²) in [6, 6.07) is 9.92. The summed E-state index contributed by atoms with van der Waals surface area (Å²) in [6.45, 7) is 5.76. The van der Waals surface area contributed by atoms with Crippen LogP contribution in [0, 0.1) is 11.3 Å². The van der Waals surface area contributed by atoms with Crippen LogP contribution >= 0.6 is 12.4 Å². The molecule has 2 N–H and O–H groups in total. The maximum Gasteiger partial charge on any atom is 0.158 e. The predicted molar refractivity (Wildman–Crippen MR) is 119 cm³/mol. The number of anilines is 2. The second kappa shape index (κ2) is 10.2. The lowest BCUT2D eigenvalue weighted by Crippen LogP contribution is -2.38. The lowest BCUT2D eigenvalue weighted by molar-refractivity contribution is -0.0282. The Bertz CT molecular complexity index is 1050. The van der Waals surface area contributed by atoms with Gasteiger partial charge in [0.05, 0.1) is 37.9 Å². The predicted octanol–water partition coefficient (Wildman–Crippen LogP) is 3.31. The van der Waals surface area contributed by atoms with E-state index in [0.29, 0.717) is 11.6 Å². The minimum absolute atomic E-state index is 0. The second-order valence-electron chi connectivity index (χ2n) is 6.90. The zero-order chi connectivity index (χ0) is 20.9. The van der Waals surface area contributed by atoms with Crippen LogP contribution in [0.5, 0.6) is 5.75 Å². The van der Waals surface area contributed by atoms with Crippen molar-refractivity contribution in [1.29, 1.82) is 5.26 Å². The van der Waals surface area contributed by atoms with Crippen LogP contribution in [0.1, 0.15) is 24.3 Å². The second-order valence-corrected chi connectivity index (χ2v) is 6.90. The zero-order valence-electron chi connectivity index (χ0n) is 17.3. The normalized spacial score (nSPS) is 16.2. The standard InChI is InChI=1S/C21H23N7O2.ClH/c1-3-28-6-7-30-19(13-28)14-4-5-16(18(8-14)29-2)17-9-20(27-26-17)25-21-12-23-15(10-22)11-24-21;/h4-5,8-9,11-12,19H,3,6-7,13H2,1-2H3,(H2,24,25,26,27);1H/t19-;/m1./s1. The molecule has 0 amide bonds. The molecule has 0 bridgehead atoms. The Hall–Kier alpha value is -3.19. The Morgan fingerprint density at radius 3 is 2.87 bits per heavy atom. The lowest BCUT2D eigenvalue weighted by atomic mass is 10.0. The molecule has 1 aliphatic heterocycles. The first kappa shape index (κ1) is 22.5. The number of hydrogen-bond donors (Lipinski definition) is 2. The van der Waals surface area contributed by atoms with E-state index in [1.54, 1.807) is 7.11 Å². The first-order valence-corrected chi connectivity index (χ1v) is 9.77. The highest BCUT2D eigenvalue weighted by atomic mass is 35.5. The molecule has 4 rings (SSSR count). The van der Waals surface area contributed by atoms with Crippen LogP contribution in [0.15, 0.2) is 36.7 Å². The summed E-state index contributed by atoms with van der Waals surface area (Å²) < 4.78 is 11.6. The number of hydrogen-bond acceptors (Lipinski definition) is 8. The quantitative estimate of drug-likeness (QED) is 0.599. The SMILES string of the molecule is CCN1CCO[C@@H](c2ccc(-c3cc(Nc4cnc(C#N)cn4)n[nH]3)c(OC)c2)C1.Cl. The minimum Gasteiger partial charge on any atom is -0.496 e. The van der Waals surface area contributed by atoms with Gasteiger partial charge in [0, 0.05) is 24.7 Å². The van der Waals surface area contributed by atoms with E-state index in [4.69, 9.17) is 14.7 Å². The molecule has 2 aromatic heterocycles. The number of aromatic amines is 1. The first-order chi connectivity index (χ1) is 14.7. The number of morpholine rings is 1. The van der Waals surface area contributed by atoms with Gasteiger partial charge in [0.1, 0.15) is 17.6 Å². The summed E-state index contributed by atoms with van der Waals surface area (Å²) in [6.07, 6.45) is 2.94. The van der Waals surface area contributed by atoms with Gasteiger partial charge in [-0.2, -0.15) is 10.4 Å². The van der Waals surface area contributed by atoms with Crippen LogP contribution < -0.4 is 10.1 Å². The number of nitriles is 1. The highest BCUT2D eigenvalue weighted by molar-refractivity contribution is 5.85. The molecule has 3 heterocycles. The Morgan fingerprint density at radius 2 is 2.16 bits per heavy atom. The number of nitrogens with zero attached hydrogens (tertiary/aromatic N) is 5. The highest BCUT2D eigenvalue weighted by Gasteiger charge is 2.22. The van der Waals surface area contributed by atoms with Crippen molar-refractivity contribution in [2.45, 2.75) is 13.0 Å².